The van der Waals surface area contributed by atoms with E-state index in [-0.39, 0.29) is 12.1 Å². The smallest absolute Gasteiger partial charge is 0.0626 e. The van der Waals surface area contributed by atoms with Crippen LogP contribution in [0.25, 0.3) is 0 Å². The van der Waals surface area contributed by atoms with Crippen LogP contribution in [0.3, 0.4) is 0 Å². The molecule has 1 saturated carbocycles. The third-order valence-corrected chi connectivity index (χ3v) is 4.65. The molecule has 2 atom stereocenters. The number of aliphatic hydroxyl groups is 1. The summed E-state index contributed by atoms with van der Waals surface area (Å²) in [5.74, 6) is 0.563. The summed E-state index contributed by atoms with van der Waals surface area (Å²) < 4.78 is 0. The Kier molecular flexibility index (Phi) is 4.45. The van der Waals surface area contributed by atoms with Gasteiger partial charge >= 0.3 is 0 Å². The SMILES string of the molecule is CCC1CCCCCN1CC(N)(CO)C1CC1. The summed E-state index contributed by atoms with van der Waals surface area (Å²) in [5.41, 5.74) is 6.07. The first-order valence-electron chi connectivity index (χ1n) is 7.33. The summed E-state index contributed by atoms with van der Waals surface area (Å²) >= 11 is 0. The van der Waals surface area contributed by atoms with Gasteiger partial charge in [0, 0.05) is 12.6 Å². The molecule has 2 rings (SSSR count). The lowest BCUT2D eigenvalue weighted by atomic mass is 9.93. The highest BCUT2D eigenvalue weighted by atomic mass is 16.3. The Labute approximate surface area is 105 Å². The lowest BCUT2D eigenvalue weighted by Crippen LogP contribution is -2.56. The minimum absolute atomic E-state index is 0.143. The van der Waals surface area contributed by atoms with Crippen molar-refractivity contribution in [2.75, 3.05) is 19.7 Å². The molecule has 3 nitrogen and oxygen atoms in total. The van der Waals surface area contributed by atoms with Gasteiger partial charge in [-0.15, -0.1) is 0 Å². The first kappa shape index (κ1) is 13.3. The zero-order valence-corrected chi connectivity index (χ0v) is 11.2. The lowest BCUT2D eigenvalue weighted by molar-refractivity contribution is 0.0944. The van der Waals surface area contributed by atoms with Crippen LogP contribution < -0.4 is 5.73 Å². The van der Waals surface area contributed by atoms with Crippen molar-refractivity contribution < 1.29 is 5.11 Å². The summed E-state index contributed by atoms with van der Waals surface area (Å²) in [6, 6.07) is 0.686. The summed E-state index contributed by atoms with van der Waals surface area (Å²) in [7, 11) is 0. The third-order valence-electron chi connectivity index (χ3n) is 4.65. The Balaban J connectivity index is 1.98. The van der Waals surface area contributed by atoms with Crippen LogP contribution in [-0.4, -0.2) is 41.3 Å². The highest BCUT2D eigenvalue weighted by molar-refractivity contribution is 5.01. The van der Waals surface area contributed by atoms with Gasteiger partial charge < -0.3 is 10.8 Å². The first-order valence-corrected chi connectivity index (χ1v) is 7.33. The normalized spacial score (nSPS) is 30.9. The number of hydrogen-bond acceptors (Lipinski definition) is 3. The zero-order chi connectivity index (χ0) is 12.3. The predicted molar refractivity (Wildman–Crippen MR) is 70.8 cm³/mol. The maximum atomic E-state index is 9.60. The van der Waals surface area contributed by atoms with Gasteiger partial charge in [0.15, 0.2) is 0 Å². The molecular formula is C14H28N2O. The molecule has 0 aromatic rings. The van der Waals surface area contributed by atoms with Crippen molar-refractivity contribution in [3.8, 4) is 0 Å². The van der Waals surface area contributed by atoms with E-state index in [1.54, 1.807) is 0 Å². The molecule has 1 saturated heterocycles. The van der Waals surface area contributed by atoms with Gasteiger partial charge in [-0.3, -0.25) is 4.90 Å². The van der Waals surface area contributed by atoms with Crippen LogP contribution in [-0.2, 0) is 0 Å². The van der Waals surface area contributed by atoms with E-state index >= 15 is 0 Å². The van der Waals surface area contributed by atoms with Gasteiger partial charge in [-0.2, -0.15) is 0 Å². The van der Waals surface area contributed by atoms with Crippen molar-refractivity contribution in [1.29, 1.82) is 0 Å². The largest absolute Gasteiger partial charge is 0.394 e. The molecule has 0 aromatic heterocycles. The summed E-state index contributed by atoms with van der Waals surface area (Å²) in [4.78, 5) is 2.56. The Hall–Kier alpha value is -0.120. The van der Waals surface area contributed by atoms with Crippen LogP contribution in [0.4, 0.5) is 0 Å². The summed E-state index contributed by atoms with van der Waals surface area (Å²) in [5, 5.41) is 9.60. The van der Waals surface area contributed by atoms with Crippen molar-refractivity contribution in [2.45, 2.75) is 63.5 Å². The van der Waals surface area contributed by atoms with Crippen molar-refractivity contribution in [3.05, 3.63) is 0 Å². The standard InChI is InChI=1S/C14H28N2O/c1-2-13-6-4-3-5-9-16(13)10-14(15,11-17)12-7-8-12/h12-13,17H,2-11,15H2,1H3. The lowest BCUT2D eigenvalue weighted by Gasteiger charge is -2.37. The van der Waals surface area contributed by atoms with Crippen molar-refractivity contribution >= 4 is 0 Å². The van der Waals surface area contributed by atoms with Crippen LogP contribution in [0.1, 0.15) is 51.9 Å². The van der Waals surface area contributed by atoms with Gasteiger partial charge in [-0.1, -0.05) is 19.8 Å². The molecule has 1 heterocycles. The topological polar surface area (TPSA) is 49.5 Å². The van der Waals surface area contributed by atoms with Gasteiger partial charge in [-0.25, -0.2) is 0 Å². The molecular weight excluding hydrogens is 212 g/mol. The van der Waals surface area contributed by atoms with E-state index in [0.717, 1.165) is 6.54 Å². The molecule has 1 aliphatic carbocycles. The number of rotatable bonds is 5. The second kappa shape index (κ2) is 5.68. The molecule has 3 N–H and O–H groups in total. The monoisotopic (exact) mass is 240 g/mol. The van der Waals surface area contributed by atoms with E-state index in [2.05, 4.69) is 11.8 Å². The molecule has 0 amide bonds. The fraction of sp³-hybridized carbons (Fsp3) is 1.00. The molecule has 2 unspecified atom stereocenters. The highest BCUT2D eigenvalue weighted by Gasteiger charge is 2.43. The van der Waals surface area contributed by atoms with Gasteiger partial charge in [0.25, 0.3) is 0 Å². The average molecular weight is 240 g/mol. The Bertz CT molecular complexity index is 242. The van der Waals surface area contributed by atoms with E-state index in [1.165, 1.54) is 51.5 Å². The van der Waals surface area contributed by atoms with Crippen molar-refractivity contribution in [2.24, 2.45) is 11.7 Å². The van der Waals surface area contributed by atoms with Crippen LogP contribution in [0.5, 0.6) is 0 Å². The molecule has 2 fully saturated rings. The van der Waals surface area contributed by atoms with Crippen molar-refractivity contribution in [3.63, 3.8) is 0 Å². The van der Waals surface area contributed by atoms with Crippen LogP contribution >= 0.6 is 0 Å². The quantitative estimate of drug-likeness (QED) is 0.769. The number of aliphatic hydroxyl groups excluding tert-OH is 1. The molecule has 0 bridgehead atoms. The van der Waals surface area contributed by atoms with Gasteiger partial charge in [0.05, 0.1) is 12.1 Å². The number of nitrogens with two attached hydrogens (primary N) is 1. The number of nitrogens with zero attached hydrogens (tertiary/aromatic N) is 1. The second-order valence-electron chi connectivity index (χ2n) is 6.05. The average Bonchev–Trinajstić information content (AvgIpc) is 3.16. The van der Waals surface area contributed by atoms with E-state index in [4.69, 9.17) is 5.73 Å². The van der Waals surface area contributed by atoms with E-state index in [9.17, 15) is 5.11 Å². The van der Waals surface area contributed by atoms with E-state index < -0.39 is 0 Å². The van der Waals surface area contributed by atoms with Crippen LogP contribution in [0.2, 0.25) is 0 Å². The van der Waals surface area contributed by atoms with Gasteiger partial charge in [0.1, 0.15) is 0 Å². The minimum Gasteiger partial charge on any atom is -0.394 e. The number of hydrogen-bond donors (Lipinski definition) is 2. The molecule has 0 aromatic carbocycles. The Morgan fingerprint density at radius 2 is 2.00 bits per heavy atom. The van der Waals surface area contributed by atoms with Crippen LogP contribution in [0, 0.1) is 5.92 Å². The zero-order valence-electron chi connectivity index (χ0n) is 11.2. The maximum absolute atomic E-state index is 9.60. The van der Waals surface area contributed by atoms with Crippen molar-refractivity contribution in [1.82, 2.24) is 4.90 Å². The van der Waals surface area contributed by atoms with Gasteiger partial charge in [0.2, 0.25) is 0 Å². The third kappa shape index (κ3) is 3.21. The summed E-state index contributed by atoms with van der Waals surface area (Å²) in [6.45, 7) is 4.48. The summed E-state index contributed by atoms with van der Waals surface area (Å²) in [6.07, 6.45) is 8.95. The van der Waals surface area contributed by atoms with Gasteiger partial charge in [-0.05, 0) is 44.6 Å². The molecule has 3 heteroatoms. The first-order chi connectivity index (χ1) is 8.19. The maximum Gasteiger partial charge on any atom is 0.0626 e. The molecule has 0 radical (unpaired) electrons. The number of likely N-dealkylation sites (tertiary alicyclic amines) is 1. The van der Waals surface area contributed by atoms with Crippen LogP contribution in [0.15, 0.2) is 0 Å². The molecule has 17 heavy (non-hydrogen) atoms. The highest BCUT2D eigenvalue weighted by Crippen LogP contribution is 2.39. The Morgan fingerprint density at radius 1 is 1.24 bits per heavy atom. The Morgan fingerprint density at radius 3 is 2.59 bits per heavy atom. The minimum atomic E-state index is -0.336. The fourth-order valence-electron chi connectivity index (χ4n) is 3.25. The van der Waals surface area contributed by atoms with E-state index in [0.29, 0.717) is 12.0 Å². The molecule has 0 spiro atoms. The fourth-order valence-corrected chi connectivity index (χ4v) is 3.25. The molecule has 1 aliphatic heterocycles. The molecule has 2 aliphatic rings. The predicted octanol–water partition coefficient (Wildman–Crippen LogP) is 1.74. The second-order valence-corrected chi connectivity index (χ2v) is 6.05. The van der Waals surface area contributed by atoms with E-state index in [1.807, 2.05) is 0 Å². The molecule has 100 valence electrons.